The normalized spacial score (nSPS) is 12.1. The Labute approximate surface area is 404 Å². The van der Waals surface area contributed by atoms with Crippen LogP contribution in [0, 0.1) is 0 Å². The summed E-state index contributed by atoms with van der Waals surface area (Å²) >= 11 is 0. The highest BCUT2D eigenvalue weighted by Crippen LogP contribution is 2.17. The Morgan fingerprint density at radius 1 is 0.308 bits per heavy atom. The Hall–Kier alpha value is -2.11. The Morgan fingerprint density at radius 3 is 0.877 bits per heavy atom. The van der Waals surface area contributed by atoms with E-state index in [2.05, 4.69) is 45.1 Å². The summed E-state index contributed by atoms with van der Waals surface area (Å²) in [6.07, 6.45) is 63.0. The zero-order chi connectivity index (χ0) is 47.2. The Morgan fingerprint density at radius 2 is 0.554 bits per heavy atom. The lowest BCUT2D eigenvalue weighted by molar-refractivity contribution is -0.167. The summed E-state index contributed by atoms with van der Waals surface area (Å²) in [7, 11) is 0. The van der Waals surface area contributed by atoms with Crippen molar-refractivity contribution in [2.45, 2.75) is 322 Å². The van der Waals surface area contributed by atoms with Crippen LogP contribution in [0.5, 0.6) is 0 Å². The van der Waals surface area contributed by atoms with Crippen molar-refractivity contribution in [1.82, 2.24) is 0 Å². The van der Waals surface area contributed by atoms with Crippen molar-refractivity contribution in [2.75, 3.05) is 13.2 Å². The molecule has 0 aliphatic heterocycles. The van der Waals surface area contributed by atoms with Gasteiger partial charge in [0.05, 0.1) is 0 Å². The number of unbranched alkanes of at least 4 members (excludes halogenated alkanes) is 38. The zero-order valence-electron chi connectivity index (χ0n) is 43.8. The first kappa shape index (κ1) is 62.9. The van der Waals surface area contributed by atoms with E-state index in [1.54, 1.807) is 0 Å². The molecule has 0 saturated carbocycles. The number of rotatable bonds is 53. The van der Waals surface area contributed by atoms with Crippen LogP contribution in [0.1, 0.15) is 316 Å². The fourth-order valence-corrected chi connectivity index (χ4v) is 8.59. The minimum Gasteiger partial charge on any atom is -0.462 e. The third-order valence-corrected chi connectivity index (χ3v) is 13.0. The predicted octanol–water partition coefficient (Wildman–Crippen LogP) is 19.1. The summed E-state index contributed by atoms with van der Waals surface area (Å²) in [4.78, 5) is 38.1. The molecule has 0 aromatic carbocycles. The number of esters is 3. The monoisotopic (exact) mass is 915 g/mol. The summed E-state index contributed by atoms with van der Waals surface area (Å²) < 4.78 is 16.9. The largest absolute Gasteiger partial charge is 0.462 e. The molecular weight excluding hydrogens is 805 g/mol. The smallest absolute Gasteiger partial charge is 0.306 e. The molecule has 0 aliphatic rings. The SMILES string of the molecule is CCCCC/C=C\C/C=C\CCCCCCCCCCCC(=O)OC[C@@H](COC(=O)CCCCCCCCCCCCCCC)OC(=O)CCCCCCCCCCCCCCCCC. The third-order valence-electron chi connectivity index (χ3n) is 13.0. The lowest BCUT2D eigenvalue weighted by Crippen LogP contribution is -2.30. The summed E-state index contributed by atoms with van der Waals surface area (Å²) in [6.45, 7) is 6.66. The molecule has 1 atom stereocenters. The van der Waals surface area contributed by atoms with Crippen LogP contribution in [0.3, 0.4) is 0 Å². The van der Waals surface area contributed by atoms with Gasteiger partial charge in [-0.05, 0) is 51.4 Å². The summed E-state index contributed by atoms with van der Waals surface area (Å²) in [5.74, 6) is -0.850. The number of allylic oxidation sites excluding steroid dienone is 4. The van der Waals surface area contributed by atoms with E-state index in [1.807, 2.05) is 0 Å². The van der Waals surface area contributed by atoms with Gasteiger partial charge in [-0.1, -0.05) is 270 Å². The van der Waals surface area contributed by atoms with Crippen LogP contribution < -0.4 is 0 Å². The lowest BCUT2D eigenvalue weighted by atomic mass is 10.0. The second kappa shape index (κ2) is 54.5. The van der Waals surface area contributed by atoms with Gasteiger partial charge in [-0.25, -0.2) is 0 Å². The Balaban J connectivity index is 4.31. The molecule has 0 aromatic heterocycles. The standard InChI is InChI=1S/C59H110O6/c1-4-7-10-13-16-19-22-25-27-28-29-30-32-34-37-40-43-46-49-52-58(61)64-55-56(54-63-57(60)51-48-45-42-39-36-33-24-21-18-15-12-9-6-3)65-59(62)53-50-47-44-41-38-35-31-26-23-20-17-14-11-8-5-2/h16,19,25,27,56H,4-15,17-18,20-24,26,28-55H2,1-3H3/b19-16-,27-25-/t56-/m1/s1. The van der Waals surface area contributed by atoms with Crippen molar-refractivity contribution in [3.8, 4) is 0 Å². The maximum atomic E-state index is 12.8. The molecule has 0 unspecified atom stereocenters. The van der Waals surface area contributed by atoms with Gasteiger partial charge in [0.1, 0.15) is 13.2 Å². The van der Waals surface area contributed by atoms with Gasteiger partial charge >= 0.3 is 17.9 Å². The first-order valence-corrected chi connectivity index (χ1v) is 28.8. The molecule has 0 fully saturated rings. The molecule has 0 aromatic rings. The van der Waals surface area contributed by atoms with E-state index in [0.29, 0.717) is 19.3 Å². The van der Waals surface area contributed by atoms with Gasteiger partial charge in [-0.3, -0.25) is 14.4 Å². The van der Waals surface area contributed by atoms with Crippen molar-refractivity contribution >= 4 is 17.9 Å². The second-order valence-electron chi connectivity index (χ2n) is 19.6. The summed E-state index contributed by atoms with van der Waals surface area (Å²) in [5.41, 5.74) is 0. The number of hydrogen-bond acceptors (Lipinski definition) is 6. The van der Waals surface area contributed by atoms with E-state index in [0.717, 1.165) is 64.2 Å². The van der Waals surface area contributed by atoms with E-state index in [9.17, 15) is 14.4 Å². The van der Waals surface area contributed by atoms with Crippen molar-refractivity contribution in [1.29, 1.82) is 0 Å². The minimum atomic E-state index is -0.767. The first-order chi connectivity index (χ1) is 32.0. The maximum absolute atomic E-state index is 12.8. The molecule has 65 heavy (non-hydrogen) atoms. The van der Waals surface area contributed by atoms with E-state index in [-0.39, 0.29) is 31.1 Å². The van der Waals surface area contributed by atoms with E-state index in [4.69, 9.17) is 14.2 Å². The molecule has 0 radical (unpaired) electrons. The van der Waals surface area contributed by atoms with Crippen molar-refractivity contribution in [3.63, 3.8) is 0 Å². The van der Waals surface area contributed by atoms with Gasteiger partial charge in [0, 0.05) is 19.3 Å². The van der Waals surface area contributed by atoms with Crippen LogP contribution in [-0.2, 0) is 28.6 Å². The van der Waals surface area contributed by atoms with Crippen LogP contribution in [0.4, 0.5) is 0 Å². The van der Waals surface area contributed by atoms with Gasteiger partial charge in [-0.2, -0.15) is 0 Å². The molecule has 6 nitrogen and oxygen atoms in total. The van der Waals surface area contributed by atoms with Crippen LogP contribution in [0.2, 0.25) is 0 Å². The number of carbonyl (C=O) groups excluding carboxylic acids is 3. The van der Waals surface area contributed by atoms with E-state index in [1.165, 1.54) is 212 Å². The highest BCUT2D eigenvalue weighted by Gasteiger charge is 2.19. The van der Waals surface area contributed by atoms with Gasteiger partial charge in [0.15, 0.2) is 6.10 Å². The molecular formula is C59H110O6. The second-order valence-corrected chi connectivity index (χ2v) is 19.6. The van der Waals surface area contributed by atoms with Gasteiger partial charge in [0.2, 0.25) is 0 Å². The maximum Gasteiger partial charge on any atom is 0.306 e. The number of carbonyl (C=O) groups is 3. The highest BCUT2D eigenvalue weighted by atomic mass is 16.6. The van der Waals surface area contributed by atoms with E-state index >= 15 is 0 Å². The average Bonchev–Trinajstić information content (AvgIpc) is 3.30. The van der Waals surface area contributed by atoms with Crippen molar-refractivity contribution in [3.05, 3.63) is 24.3 Å². The van der Waals surface area contributed by atoms with Gasteiger partial charge < -0.3 is 14.2 Å². The molecule has 0 N–H and O–H groups in total. The predicted molar refractivity (Wildman–Crippen MR) is 279 cm³/mol. The number of hydrogen-bond donors (Lipinski definition) is 0. The minimum absolute atomic E-state index is 0.0668. The average molecular weight is 916 g/mol. The van der Waals surface area contributed by atoms with Crippen molar-refractivity contribution < 1.29 is 28.6 Å². The molecule has 0 spiro atoms. The fourth-order valence-electron chi connectivity index (χ4n) is 8.59. The molecule has 382 valence electrons. The third kappa shape index (κ3) is 52.7. The quantitative estimate of drug-likeness (QED) is 0.0262. The van der Waals surface area contributed by atoms with E-state index < -0.39 is 6.10 Å². The molecule has 0 amide bonds. The van der Waals surface area contributed by atoms with Gasteiger partial charge in [-0.15, -0.1) is 0 Å². The zero-order valence-corrected chi connectivity index (χ0v) is 43.8. The van der Waals surface area contributed by atoms with Crippen molar-refractivity contribution in [2.24, 2.45) is 0 Å². The molecule has 6 heteroatoms. The summed E-state index contributed by atoms with van der Waals surface area (Å²) in [6, 6.07) is 0. The van der Waals surface area contributed by atoms with Crippen LogP contribution in [0.25, 0.3) is 0 Å². The Kier molecular flexibility index (Phi) is 52.7. The Bertz CT molecular complexity index is 1050. The molecule has 0 heterocycles. The molecule has 0 saturated heterocycles. The molecule has 0 bridgehead atoms. The lowest BCUT2D eigenvalue weighted by Gasteiger charge is -2.18. The van der Waals surface area contributed by atoms with Crippen LogP contribution in [0.15, 0.2) is 24.3 Å². The molecule has 0 aliphatic carbocycles. The topological polar surface area (TPSA) is 78.9 Å². The summed E-state index contributed by atoms with van der Waals surface area (Å²) in [5, 5.41) is 0. The van der Waals surface area contributed by atoms with Gasteiger partial charge in [0.25, 0.3) is 0 Å². The first-order valence-electron chi connectivity index (χ1n) is 28.8. The number of ether oxygens (including phenoxy) is 3. The van der Waals surface area contributed by atoms with Crippen LogP contribution >= 0.6 is 0 Å². The molecule has 0 rings (SSSR count). The van der Waals surface area contributed by atoms with Crippen LogP contribution in [-0.4, -0.2) is 37.2 Å². The fraction of sp³-hybridized carbons (Fsp3) is 0.881. The highest BCUT2D eigenvalue weighted by molar-refractivity contribution is 5.71.